The smallest absolute Gasteiger partial charge is 0.105 e. The zero-order valence-corrected chi connectivity index (χ0v) is 9.82. The molecule has 1 aromatic rings. The molecule has 0 saturated heterocycles. The highest BCUT2D eigenvalue weighted by atomic mass is 16.5. The van der Waals surface area contributed by atoms with Crippen LogP contribution in [0.4, 0.5) is 0 Å². The van der Waals surface area contributed by atoms with Crippen molar-refractivity contribution in [3.63, 3.8) is 0 Å². The normalized spacial score (nSPS) is 15.1. The van der Waals surface area contributed by atoms with E-state index < -0.39 is 0 Å². The van der Waals surface area contributed by atoms with Crippen LogP contribution < -0.4 is 5.32 Å². The minimum atomic E-state index is 0.331. The average Bonchev–Trinajstić information content (AvgIpc) is 2.76. The molecule has 15 heavy (non-hydrogen) atoms. The number of likely N-dealkylation sites (N-methyl/N-ethyl adjacent to an activating group) is 1. The van der Waals surface area contributed by atoms with Crippen LogP contribution >= 0.6 is 0 Å². The van der Waals surface area contributed by atoms with Gasteiger partial charge in [-0.3, -0.25) is 0 Å². The van der Waals surface area contributed by atoms with Crippen LogP contribution in [0.1, 0.15) is 25.5 Å². The number of nitrogens with one attached hydrogen (secondary N) is 1. The molecule has 3 nitrogen and oxygen atoms in total. The third-order valence-electron chi connectivity index (χ3n) is 2.76. The molecule has 0 fully saturated rings. The van der Waals surface area contributed by atoms with Crippen LogP contribution in [0.3, 0.4) is 0 Å². The van der Waals surface area contributed by atoms with E-state index in [1.165, 1.54) is 0 Å². The lowest BCUT2D eigenvalue weighted by molar-refractivity contribution is 0.106. The number of rotatable bonds is 7. The Morgan fingerprint density at radius 1 is 1.47 bits per heavy atom. The first-order valence-corrected chi connectivity index (χ1v) is 5.48. The van der Waals surface area contributed by atoms with E-state index in [2.05, 4.69) is 12.2 Å². The summed E-state index contributed by atoms with van der Waals surface area (Å²) in [6.07, 6.45) is 5.17. The minimum Gasteiger partial charge on any atom is -0.469 e. The highest BCUT2D eigenvalue weighted by Gasteiger charge is 2.10. The molecule has 0 aliphatic heterocycles. The maximum atomic E-state index is 5.33. The highest BCUT2D eigenvalue weighted by molar-refractivity contribution is 5.00. The van der Waals surface area contributed by atoms with E-state index in [0.717, 1.165) is 25.0 Å². The molecule has 1 aromatic heterocycles. The monoisotopic (exact) mass is 211 g/mol. The van der Waals surface area contributed by atoms with Gasteiger partial charge in [-0.15, -0.1) is 0 Å². The lowest BCUT2D eigenvalue weighted by atomic mass is 10.0. The van der Waals surface area contributed by atoms with E-state index in [1.54, 1.807) is 13.4 Å². The standard InChI is InChI=1S/C12H21NO2/c1-10(14-3)6-7-11(13-2)9-12-5-4-8-15-12/h4-5,8,10-11,13H,6-7,9H2,1-3H3. The van der Waals surface area contributed by atoms with Gasteiger partial charge in [0.1, 0.15) is 5.76 Å². The fraction of sp³-hybridized carbons (Fsp3) is 0.667. The molecule has 1 rings (SSSR count). The third kappa shape index (κ3) is 4.49. The topological polar surface area (TPSA) is 34.4 Å². The molecule has 1 N–H and O–H groups in total. The first-order chi connectivity index (χ1) is 7.26. The Morgan fingerprint density at radius 2 is 2.27 bits per heavy atom. The van der Waals surface area contributed by atoms with Crippen LogP contribution in [0, 0.1) is 0 Å². The molecule has 0 saturated carbocycles. The summed E-state index contributed by atoms with van der Waals surface area (Å²) < 4.78 is 10.6. The van der Waals surface area contributed by atoms with E-state index in [-0.39, 0.29) is 0 Å². The quantitative estimate of drug-likeness (QED) is 0.751. The average molecular weight is 211 g/mol. The van der Waals surface area contributed by atoms with E-state index in [9.17, 15) is 0 Å². The molecular weight excluding hydrogens is 190 g/mol. The Bertz CT molecular complexity index is 246. The Balaban J connectivity index is 2.30. The Kier molecular flexibility index (Phi) is 5.43. The summed E-state index contributed by atoms with van der Waals surface area (Å²) in [5.74, 6) is 1.04. The SMILES string of the molecule is CNC(CCC(C)OC)Cc1ccco1. The molecule has 2 unspecified atom stereocenters. The lowest BCUT2D eigenvalue weighted by Crippen LogP contribution is -2.28. The zero-order chi connectivity index (χ0) is 11.1. The van der Waals surface area contributed by atoms with Gasteiger partial charge in [0.2, 0.25) is 0 Å². The van der Waals surface area contributed by atoms with Gasteiger partial charge in [0.15, 0.2) is 0 Å². The van der Waals surface area contributed by atoms with Crippen molar-refractivity contribution < 1.29 is 9.15 Å². The van der Waals surface area contributed by atoms with Crippen molar-refractivity contribution in [2.24, 2.45) is 0 Å². The second-order valence-electron chi connectivity index (χ2n) is 3.89. The van der Waals surface area contributed by atoms with Gasteiger partial charge in [-0.1, -0.05) is 0 Å². The van der Waals surface area contributed by atoms with Crippen molar-refractivity contribution in [3.05, 3.63) is 24.2 Å². The van der Waals surface area contributed by atoms with Gasteiger partial charge < -0.3 is 14.5 Å². The van der Waals surface area contributed by atoms with Gasteiger partial charge >= 0.3 is 0 Å². The second-order valence-corrected chi connectivity index (χ2v) is 3.89. The molecule has 0 aromatic carbocycles. The molecule has 1 heterocycles. The lowest BCUT2D eigenvalue weighted by Gasteiger charge is -2.17. The molecule has 0 radical (unpaired) electrons. The summed E-state index contributed by atoms with van der Waals surface area (Å²) >= 11 is 0. The van der Waals surface area contributed by atoms with Gasteiger partial charge in [0.25, 0.3) is 0 Å². The summed E-state index contributed by atoms with van der Waals surface area (Å²) in [7, 11) is 3.75. The first kappa shape index (κ1) is 12.3. The van der Waals surface area contributed by atoms with Gasteiger partial charge in [0.05, 0.1) is 12.4 Å². The van der Waals surface area contributed by atoms with Crippen LogP contribution in [0.15, 0.2) is 22.8 Å². The molecular formula is C12H21NO2. The van der Waals surface area contributed by atoms with Gasteiger partial charge in [-0.25, -0.2) is 0 Å². The fourth-order valence-electron chi connectivity index (χ4n) is 1.57. The largest absolute Gasteiger partial charge is 0.469 e. The zero-order valence-electron chi connectivity index (χ0n) is 9.82. The van der Waals surface area contributed by atoms with E-state index >= 15 is 0 Å². The Labute approximate surface area is 91.8 Å². The third-order valence-corrected chi connectivity index (χ3v) is 2.76. The van der Waals surface area contributed by atoms with Crippen molar-refractivity contribution in [1.82, 2.24) is 5.32 Å². The molecule has 0 spiro atoms. The molecule has 2 atom stereocenters. The fourth-order valence-corrected chi connectivity index (χ4v) is 1.57. The minimum absolute atomic E-state index is 0.331. The van der Waals surface area contributed by atoms with E-state index in [0.29, 0.717) is 12.1 Å². The van der Waals surface area contributed by atoms with Gasteiger partial charge in [0, 0.05) is 19.6 Å². The van der Waals surface area contributed by atoms with Crippen LogP contribution in [0.2, 0.25) is 0 Å². The van der Waals surface area contributed by atoms with E-state index in [1.807, 2.05) is 19.2 Å². The molecule has 0 aliphatic rings. The molecule has 0 amide bonds. The van der Waals surface area contributed by atoms with E-state index in [4.69, 9.17) is 9.15 Å². The van der Waals surface area contributed by atoms with Crippen molar-refractivity contribution in [1.29, 1.82) is 0 Å². The number of methoxy groups -OCH3 is 1. The van der Waals surface area contributed by atoms with Crippen LogP contribution in [0.25, 0.3) is 0 Å². The summed E-state index contributed by atoms with van der Waals surface area (Å²) in [4.78, 5) is 0. The number of hydrogen-bond acceptors (Lipinski definition) is 3. The summed E-state index contributed by atoms with van der Waals surface area (Å²) in [6, 6.07) is 4.41. The Hall–Kier alpha value is -0.800. The molecule has 0 aliphatic carbocycles. The number of ether oxygens (including phenoxy) is 1. The van der Waals surface area contributed by atoms with Crippen LogP contribution in [-0.4, -0.2) is 26.3 Å². The van der Waals surface area contributed by atoms with Crippen molar-refractivity contribution in [2.75, 3.05) is 14.2 Å². The van der Waals surface area contributed by atoms with Crippen LogP contribution in [-0.2, 0) is 11.2 Å². The summed E-state index contributed by atoms with van der Waals surface area (Å²) in [6.45, 7) is 2.10. The maximum absolute atomic E-state index is 5.33. The van der Waals surface area contributed by atoms with Crippen molar-refractivity contribution >= 4 is 0 Å². The van der Waals surface area contributed by atoms with Gasteiger partial charge in [-0.05, 0) is 38.9 Å². The summed E-state index contributed by atoms with van der Waals surface area (Å²) in [5, 5.41) is 3.30. The maximum Gasteiger partial charge on any atom is 0.105 e. The second kappa shape index (κ2) is 6.64. The van der Waals surface area contributed by atoms with Crippen LogP contribution in [0.5, 0.6) is 0 Å². The number of furan rings is 1. The molecule has 3 heteroatoms. The molecule has 0 bridgehead atoms. The number of hydrogen-bond donors (Lipinski definition) is 1. The first-order valence-electron chi connectivity index (χ1n) is 5.48. The van der Waals surface area contributed by atoms with Gasteiger partial charge in [-0.2, -0.15) is 0 Å². The predicted molar refractivity (Wildman–Crippen MR) is 61.0 cm³/mol. The highest BCUT2D eigenvalue weighted by Crippen LogP contribution is 2.10. The predicted octanol–water partition coefficient (Wildman–Crippen LogP) is 2.23. The Morgan fingerprint density at radius 3 is 2.80 bits per heavy atom. The molecule has 86 valence electrons. The summed E-state index contributed by atoms with van der Waals surface area (Å²) in [5.41, 5.74) is 0. The van der Waals surface area contributed by atoms with Crippen molar-refractivity contribution in [3.8, 4) is 0 Å². The van der Waals surface area contributed by atoms with Crippen molar-refractivity contribution in [2.45, 2.75) is 38.3 Å².